The average Bonchev–Trinajstić information content (AvgIpc) is 2.72. The lowest BCUT2D eigenvalue weighted by molar-refractivity contribution is -0.123. The van der Waals surface area contributed by atoms with Gasteiger partial charge in [-0.3, -0.25) is 14.8 Å². The second-order valence-electron chi connectivity index (χ2n) is 5.85. The van der Waals surface area contributed by atoms with Gasteiger partial charge in [0.05, 0.1) is 17.6 Å². The summed E-state index contributed by atoms with van der Waals surface area (Å²) in [5.41, 5.74) is 0.240. The summed E-state index contributed by atoms with van der Waals surface area (Å²) in [5.74, 6) is -1.17. The highest BCUT2D eigenvalue weighted by molar-refractivity contribution is 7.92. The standard InChI is InChI=1S/C19H21N3O7S/c1-3-20-19(25)21-17(23)12-29-18(24)13-5-4-6-16(11-13)30(26,27)22-14-7-9-15(28-2)10-8-14/h4-11,22H,3,12H2,1-2H3,(H2,20,21,23,25). The number of benzene rings is 2. The van der Waals surface area contributed by atoms with E-state index in [0.717, 1.165) is 6.07 Å². The van der Waals surface area contributed by atoms with Crippen LogP contribution in [0, 0.1) is 0 Å². The van der Waals surface area contributed by atoms with Gasteiger partial charge in [0.1, 0.15) is 5.75 Å². The molecular weight excluding hydrogens is 414 g/mol. The number of methoxy groups -OCH3 is 1. The summed E-state index contributed by atoms with van der Waals surface area (Å²) in [4.78, 5) is 34.8. The summed E-state index contributed by atoms with van der Waals surface area (Å²) < 4.78 is 37.4. The van der Waals surface area contributed by atoms with Gasteiger partial charge in [0, 0.05) is 12.2 Å². The van der Waals surface area contributed by atoms with Crippen molar-refractivity contribution in [1.29, 1.82) is 0 Å². The quantitative estimate of drug-likeness (QED) is 0.534. The topological polar surface area (TPSA) is 140 Å². The van der Waals surface area contributed by atoms with Gasteiger partial charge in [0.2, 0.25) is 0 Å². The smallest absolute Gasteiger partial charge is 0.338 e. The molecule has 0 bridgehead atoms. The van der Waals surface area contributed by atoms with Crippen LogP contribution in [-0.4, -0.2) is 46.6 Å². The van der Waals surface area contributed by atoms with Crippen LogP contribution in [0.4, 0.5) is 10.5 Å². The van der Waals surface area contributed by atoms with Crippen LogP contribution >= 0.6 is 0 Å². The van der Waals surface area contributed by atoms with E-state index >= 15 is 0 Å². The zero-order chi connectivity index (χ0) is 22.1. The summed E-state index contributed by atoms with van der Waals surface area (Å²) in [7, 11) is -2.48. The molecule has 0 aliphatic rings. The number of hydrogen-bond acceptors (Lipinski definition) is 7. The molecule has 10 nitrogen and oxygen atoms in total. The second-order valence-corrected chi connectivity index (χ2v) is 7.53. The predicted octanol–water partition coefficient (Wildman–Crippen LogP) is 1.50. The number of hydrogen-bond donors (Lipinski definition) is 3. The molecule has 0 aromatic heterocycles. The van der Waals surface area contributed by atoms with Crippen molar-refractivity contribution in [1.82, 2.24) is 10.6 Å². The molecule has 30 heavy (non-hydrogen) atoms. The minimum absolute atomic E-state index is 0.0709. The highest BCUT2D eigenvalue weighted by atomic mass is 32.2. The Morgan fingerprint density at radius 1 is 1.03 bits per heavy atom. The van der Waals surface area contributed by atoms with Gasteiger partial charge in [-0.25, -0.2) is 18.0 Å². The number of nitrogens with one attached hydrogen (secondary N) is 3. The molecule has 2 aromatic carbocycles. The van der Waals surface area contributed by atoms with E-state index in [4.69, 9.17) is 9.47 Å². The Morgan fingerprint density at radius 3 is 2.37 bits per heavy atom. The number of sulfonamides is 1. The summed E-state index contributed by atoms with van der Waals surface area (Å²) >= 11 is 0. The first-order valence-electron chi connectivity index (χ1n) is 8.77. The fourth-order valence-electron chi connectivity index (χ4n) is 2.25. The van der Waals surface area contributed by atoms with Crippen LogP contribution in [0.5, 0.6) is 5.75 Å². The Morgan fingerprint density at radius 2 is 1.73 bits per heavy atom. The van der Waals surface area contributed by atoms with Crippen LogP contribution in [0.15, 0.2) is 53.4 Å². The number of anilines is 1. The van der Waals surface area contributed by atoms with Crippen molar-refractivity contribution in [3.8, 4) is 5.75 Å². The van der Waals surface area contributed by atoms with Gasteiger partial charge >= 0.3 is 12.0 Å². The number of urea groups is 1. The van der Waals surface area contributed by atoms with Crippen molar-refractivity contribution in [3.05, 3.63) is 54.1 Å². The maximum atomic E-state index is 12.6. The first kappa shape index (κ1) is 22.7. The van der Waals surface area contributed by atoms with Crippen molar-refractivity contribution >= 4 is 33.6 Å². The van der Waals surface area contributed by atoms with E-state index in [1.54, 1.807) is 19.1 Å². The van der Waals surface area contributed by atoms with Gasteiger partial charge in [-0.1, -0.05) is 6.07 Å². The molecule has 2 rings (SSSR count). The molecule has 0 saturated heterocycles. The lowest BCUT2D eigenvalue weighted by atomic mass is 10.2. The molecule has 0 fully saturated rings. The van der Waals surface area contributed by atoms with Gasteiger partial charge in [0.15, 0.2) is 6.61 Å². The zero-order valence-electron chi connectivity index (χ0n) is 16.3. The van der Waals surface area contributed by atoms with Crippen LogP contribution in [-0.2, 0) is 19.6 Å². The Bertz CT molecular complexity index is 1020. The third-order valence-electron chi connectivity index (χ3n) is 3.65. The predicted molar refractivity (Wildman–Crippen MR) is 108 cm³/mol. The second kappa shape index (κ2) is 10.3. The van der Waals surface area contributed by atoms with Crippen molar-refractivity contribution in [2.45, 2.75) is 11.8 Å². The molecular formula is C19H21N3O7S. The van der Waals surface area contributed by atoms with E-state index in [2.05, 4.69) is 10.0 Å². The molecule has 0 radical (unpaired) electrons. The Labute approximate surface area is 173 Å². The third kappa shape index (κ3) is 6.48. The van der Waals surface area contributed by atoms with Gasteiger partial charge in [-0.05, 0) is 49.4 Å². The van der Waals surface area contributed by atoms with E-state index in [1.165, 1.54) is 37.4 Å². The van der Waals surface area contributed by atoms with Gasteiger partial charge in [-0.15, -0.1) is 0 Å². The Balaban J connectivity index is 2.04. The molecule has 3 N–H and O–H groups in total. The maximum absolute atomic E-state index is 12.6. The average molecular weight is 435 g/mol. The summed E-state index contributed by atoms with van der Waals surface area (Å²) in [6, 6.07) is 10.7. The van der Waals surface area contributed by atoms with Crippen LogP contribution in [0.1, 0.15) is 17.3 Å². The number of carbonyl (C=O) groups is 3. The molecule has 3 amide bonds. The number of imide groups is 1. The molecule has 0 saturated carbocycles. The Kier molecular flexibility index (Phi) is 7.76. The van der Waals surface area contributed by atoms with E-state index in [-0.39, 0.29) is 10.5 Å². The number of ether oxygens (including phenoxy) is 2. The number of carbonyl (C=O) groups excluding carboxylic acids is 3. The number of amides is 3. The fraction of sp³-hybridized carbons (Fsp3) is 0.211. The molecule has 0 unspecified atom stereocenters. The highest BCUT2D eigenvalue weighted by Crippen LogP contribution is 2.20. The first-order valence-corrected chi connectivity index (χ1v) is 10.2. The van der Waals surface area contributed by atoms with Crippen LogP contribution in [0.25, 0.3) is 0 Å². The maximum Gasteiger partial charge on any atom is 0.338 e. The molecule has 2 aromatic rings. The minimum atomic E-state index is -3.97. The summed E-state index contributed by atoms with van der Waals surface area (Å²) in [6.45, 7) is 1.30. The molecule has 11 heteroatoms. The molecule has 160 valence electrons. The Hall–Kier alpha value is -3.60. The fourth-order valence-corrected chi connectivity index (χ4v) is 3.35. The van der Waals surface area contributed by atoms with Crippen molar-refractivity contribution in [2.75, 3.05) is 25.0 Å². The number of rotatable bonds is 8. The highest BCUT2D eigenvalue weighted by Gasteiger charge is 2.18. The van der Waals surface area contributed by atoms with Crippen LogP contribution in [0.3, 0.4) is 0 Å². The monoisotopic (exact) mass is 435 g/mol. The van der Waals surface area contributed by atoms with E-state index in [0.29, 0.717) is 18.0 Å². The van der Waals surface area contributed by atoms with Gasteiger partial charge in [-0.2, -0.15) is 0 Å². The molecule has 0 heterocycles. The van der Waals surface area contributed by atoms with E-state index in [9.17, 15) is 22.8 Å². The van der Waals surface area contributed by atoms with Gasteiger partial charge < -0.3 is 14.8 Å². The van der Waals surface area contributed by atoms with Crippen LogP contribution < -0.4 is 20.1 Å². The summed E-state index contributed by atoms with van der Waals surface area (Å²) in [5, 5.41) is 4.33. The van der Waals surface area contributed by atoms with E-state index in [1.807, 2.05) is 5.32 Å². The summed E-state index contributed by atoms with van der Waals surface area (Å²) in [6.07, 6.45) is 0. The molecule has 0 atom stereocenters. The van der Waals surface area contributed by atoms with Crippen molar-refractivity contribution in [3.63, 3.8) is 0 Å². The van der Waals surface area contributed by atoms with Gasteiger partial charge in [0.25, 0.3) is 15.9 Å². The van der Waals surface area contributed by atoms with Crippen molar-refractivity contribution < 1.29 is 32.3 Å². The minimum Gasteiger partial charge on any atom is -0.497 e. The number of esters is 1. The lowest BCUT2D eigenvalue weighted by Gasteiger charge is -2.10. The molecule has 0 aliphatic heterocycles. The molecule has 0 spiro atoms. The normalized spacial score (nSPS) is 10.6. The zero-order valence-corrected chi connectivity index (χ0v) is 17.1. The largest absolute Gasteiger partial charge is 0.497 e. The van der Waals surface area contributed by atoms with Crippen molar-refractivity contribution in [2.24, 2.45) is 0 Å². The first-order chi connectivity index (χ1) is 14.2. The molecule has 0 aliphatic carbocycles. The SMILES string of the molecule is CCNC(=O)NC(=O)COC(=O)c1cccc(S(=O)(=O)Nc2ccc(OC)cc2)c1. The van der Waals surface area contributed by atoms with E-state index < -0.39 is 34.5 Å². The third-order valence-corrected chi connectivity index (χ3v) is 5.03. The lowest BCUT2D eigenvalue weighted by Crippen LogP contribution is -2.41. The van der Waals surface area contributed by atoms with Crippen LogP contribution in [0.2, 0.25) is 0 Å².